The quantitative estimate of drug-likeness (QED) is 0.915. The first-order valence-corrected chi connectivity index (χ1v) is 8.72. The normalized spacial score (nSPS) is 15.1. The van der Waals surface area contributed by atoms with Crippen molar-refractivity contribution in [1.82, 2.24) is 14.9 Å². The molecule has 1 aliphatic heterocycles. The van der Waals surface area contributed by atoms with Crippen LogP contribution in [0.25, 0.3) is 0 Å². The maximum absolute atomic E-state index is 13.9. The molecule has 1 aromatic carbocycles. The Morgan fingerprint density at radius 3 is 2.46 bits per heavy atom. The fourth-order valence-corrected chi connectivity index (χ4v) is 2.95. The minimum atomic E-state index is -0.235. The van der Waals surface area contributed by atoms with E-state index >= 15 is 0 Å². The Morgan fingerprint density at radius 2 is 1.81 bits per heavy atom. The summed E-state index contributed by atoms with van der Waals surface area (Å²) in [4.78, 5) is 24.7. The van der Waals surface area contributed by atoms with E-state index in [2.05, 4.69) is 15.3 Å². The second kappa shape index (κ2) is 7.27. The number of rotatable bonds is 3. The van der Waals surface area contributed by atoms with Gasteiger partial charge in [0.25, 0.3) is 5.91 Å². The Hall–Kier alpha value is -2.70. The Kier molecular flexibility index (Phi) is 5.06. The molecule has 1 saturated heterocycles. The molecule has 0 atom stereocenters. The molecular formula is C19H24FN5O. The van der Waals surface area contributed by atoms with Crippen LogP contribution in [-0.4, -0.2) is 52.5 Å². The Balaban J connectivity index is 1.65. The van der Waals surface area contributed by atoms with Gasteiger partial charge in [0.05, 0.1) is 5.69 Å². The summed E-state index contributed by atoms with van der Waals surface area (Å²) < 4.78 is 13.9. The van der Waals surface area contributed by atoms with Crippen molar-refractivity contribution >= 4 is 17.4 Å². The van der Waals surface area contributed by atoms with Crippen LogP contribution in [0.5, 0.6) is 0 Å². The van der Waals surface area contributed by atoms with Crippen molar-refractivity contribution in [3.8, 4) is 0 Å². The largest absolute Gasteiger partial charge is 0.366 e. The number of carbonyl (C=O) groups excluding carboxylic acids is 1. The average molecular weight is 357 g/mol. The van der Waals surface area contributed by atoms with E-state index < -0.39 is 0 Å². The van der Waals surface area contributed by atoms with Crippen LogP contribution in [0.4, 0.5) is 15.9 Å². The van der Waals surface area contributed by atoms with Gasteiger partial charge in [-0.3, -0.25) is 4.79 Å². The molecular weight excluding hydrogens is 333 g/mol. The van der Waals surface area contributed by atoms with E-state index in [1.54, 1.807) is 23.1 Å². The molecule has 138 valence electrons. The third-order valence-electron chi connectivity index (χ3n) is 4.15. The number of halogens is 1. The van der Waals surface area contributed by atoms with Gasteiger partial charge in [-0.15, -0.1) is 0 Å². The summed E-state index contributed by atoms with van der Waals surface area (Å²) in [5, 5.41) is 3.24. The predicted octanol–water partition coefficient (Wildman–Crippen LogP) is 2.79. The number of hydrogen-bond donors (Lipinski definition) is 1. The topological polar surface area (TPSA) is 61.4 Å². The molecule has 7 heteroatoms. The lowest BCUT2D eigenvalue weighted by atomic mass is 10.1. The minimum Gasteiger partial charge on any atom is -0.366 e. The van der Waals surface area contributed by atoms with Gasteiger partial charge in [0, 0.05) is 37.8 Å². The van der Waals surface area contributed by atoms with E-state index in [4.69, 9.17) is 0 Å². The maximum Gasteiger partial charge on any atom is 0.272 e. The first-order valence-electron chi connectivity index (χ1n) is 8.72. The summed E-state index contributed by atoms with van der Waals surface area (Å²) in [5.74, 6) is 0.263. The fourth-order valence-electron chi connectivity index (χ4n) is 2.95. The van der Waals surface area contributed by atoms with Gasteiger partial charge >= 0.3 is 0 Å². The lowest BCUT2D eigenvalue weighted by Crippen LogP contribution is -2.49. The number of nitrogens with zero attached hydrogens (tertiary/aromatic N) is 4. The third-order valence-corrected chi connectivity index (χ3v) is 4.15. The van der Waals surface area contributed by atoms with Crippen LogP contribution >= 0.6 is 0 Å². The van der Waals surface area contributed by atoms with E-state index in [9.17, 15) is 9.18 Å². The molecule has 1 aromatic heterocycles. The molecule has 0 saturated carbocycles. The van der Waals surface area contributed by atoms with Gasteiger partial charge in [0.15, 0.2) is 0 Å². The third kappa shape index (κ3) is 4.28. The van der Waals surface area contributed by atoms with Gasteiger partial charge in [-0.2, -0.15) is 0 Å². The van der Waals surface area contributed by atoms with Crippen molar-refractivity contribution < 1.29 is 9.18 Å². The summed E-state index contributed by atoms with van der Waals surface area (Å²) in [5.41, 5.74) is 0.796. The fraction of sp³-hybridized carbons (Fsp3) is 0.421. The van der Waals surface area contributed by atoms with E-state index in [1.165, 1.54) is 12.4 Å². The minimum absolute atomic E-state index is 0.127. The van der Waals surface area contributed by atoms with Crippen LogP contribution in [-0.2, 0) is 0 Å². The standard InChI is InChI=1S/C19H24FN5O/c1-19(2,3)23-17-12-15(21-13-22-17)18(26)25-10-8-24(9-11-25)16-7-5-4-6-14(16)20/h4-7,12-13H,8-11H2,1-3H3,(H,21,22,23). The maximum atomic E-state index is 13.9. The zero-order valence-corrected chi connectivity index (χ0v) is 15.4. The number of amides is 1. The van der Waals surface area contributed by atoms with Crippen LogP contribution in [0.3, 0.4) is 0 Å². The molecule has 1 amide bonds. The number of piperazine rings is 1. The van der Waals surface area contributed by atoms with Crippen LogP contribution in [0, 0.1) is 5.82 Å². The zero-order valence-electron chi connectivity index (χ0n) is 15.4. The molecule has 1 aliphatic rings. The number of anilines is 2. The van der Waals surface area contributed by atoms with E-state index in [1.807, 2.05) is 31.7 Å². The highest BCUT2D eigenvalue weighted by Crippen LogP contribution is 2.21. The SMILES string of the molecule is CC(C)(C)Nc1cc(C(=O)N2CCN(c3ccccc3F)CC2)ncn1. The van der Waals surface area contributed by atoms with Gasteiger partial charge < -0.3 is 15.1 Å². The first kappa shape index (κ1) is 18.1. The smallest absolute Gasteiger partial charge is 0.272 e. The monoisotopic (exact) mass is 357 g/mol. The average Bonchev–Trinajstić information content (AvgIpc) is 2.60. The molecule has 2 heterocycles. The molecule has 1 N–H and O–H groups in total. The highest BCUT2D eigenvalue weighted by Gasteiger charge is 2.24. The van der Waals surface area contributed by atoms with Gasteiger partial charge in [0.2, 0.25) is 0 Å². The molecule has 0 unspecified atom stereocenters. The second-order valence-electron chi connectivity index (χ2n) is 7.39. The molecule has 1 fully saturated rings. The number of hydrogen-bond acceptors (Lipinski definition) is 5. The van der Waals surface area contributed by atoms with Crippen molar-refractivity contribution in [2.75, 3.05) is 36.4 Å². The van der Waals surface area contributed by atoms with Crippen molar-refractivity contribution in [2.24, 2.45) is 0 Å². The second-order valence-corrected chi connectivity index (χ2v) is 7.39. The van der Waals surface area contributed by atoms with Crippen molar-refractivity contribution in [3.05, 3.63) is 48.2 Å². The van der Waals surface area contributed by atoms with Gasteiger partial charge in [-0.1, -0.05) is 12.1 Å². The summed E-state index contributed by atoms with van der Waals surface area (Å²) in [7, 11) is 0. The lowest BCUT2D eigenvalue weighted by molar-refractivity contribution is 0.0740. The van der Waals surface area contributed by atoms with Crippen LogP contribution in [0.1, 0.15) is 31.3 Å². The zero-order chi connectivity index (χ0) is 18.7. The molecule has 2 aromatic rings. The number of carbonyl (C=O) groups is 1. The summed E-state index contributed by atoms with van der Waals surface area (Å²) in [6, 6.07) is 8.40. The first-order chi connectivity index (χ1) is 12.3. The lowest BCUT2D eigenvalue weighted by Gasteiger charge is -2.36. The molecule has 0 radical (unpaired) electrons. The molecule has 3 rings (SSSR count). The Morgan fingerprint density at radius 1 is 1.12 bits per heavy atom. The number of aromatic nitrogens is 2. The molecule has 0 aliphatic carbocycles. The summed E-state index contributed by atoms with van der Waals surface area (Å²) in [6.07, 6.45) is 1.40. The van der Waals surface area contributed by atoms with Crippen molar-refractivity contribution in [2.45, 2.75) is 26.3 Å². The highest BCUT2D eigenvalue weighted by molar-refractivity contribution is 5.93. The molecule has 26 heavy (non-hydrogen) atoms. The van der Waals surface area contributed by atoms with E-state index in [-0.39, 0.29) is 17.3 Å². The van der Waals surface area contributed by atoms with E-state index in [0.29, 0.717) is 43.4 Å². The van der Waals surface area contributed by atoms with Gasteiger partial charge in [0.1, 0.15) is 23.7 Å². The van der Waals surface area contributed by atoms with Crippen LogP contribution < -0.4 is 10.2 Å². The number of benzene rings is 1. The highest BCUT2D eigenvalue weighted by atomic mass is 19.1. The molecule has 6 nitrogen and oxygen atoms in total. The van der Waals surface area contributed by atoms with Crippen molar-refractivity contribution in [3.63, 3.8) is 0 Å². The molecule has 0 spiro atoms. The Labute approximate surface area is 153 Å². The van der Waals surface area contributed by atoms with Crippen LogP contribution in [0.2, 0.25) is 0 Å². The molecule has 0 bridgehead atoms. The number of para-hydroxylation sites is 1. The van der Waals surface area contributed by atoms with Gasteiger partial charge in [-0.25, -0.2) is 14.4 Å². The predicted molar refractivity (Wildman–Crippen MR) is 99.9 cm³/mol. The van der Waals surface area contributed by atoms with Crippen LogP contribution in [0.15, 0.2) is 36.7 Å². The number of nitrogens with one attached hydrogen (secondary N) is 1. The summed E-state index contributed by atoms with van der Waals surface area (Å²) >= 11 is 0. The van der Waals surface area contributed by atoms with Crippen molar-refractivity contribution in [1.29, 1.82) is 0 Å². The summed E-state index contributed by atoms with van der Waals surface area (Å²) in [6.45, 7) is 8.31. The van der Waals surface area contributed by atoms with E-state index in [0.717, 1.165) is 0 Å². The Bertz CT molecular complexity index is 781. The van der Waals surface area contributed by atoms with Gasteiger partial charge in [-0.05, 0) is 32.9 Å².